The monoisotopic (exact) mass is 343 g/mol. The average Bonchev–Trinajstić information content (AvgIpc) is 3.11. The highest BCUT2D eigenvalue weighted by molar-refractivity contribution is 5.51. The van der Waals surface area contributed by atoms with Crippen LogP contribution in [0.15, 0.2) is 51.8 Å². The Balaban J connectivity index is 1.44. The number of hydrogen-bond donors (Lipinski definition) is 1. The highest BCUT2D eigenvalue weighted by atomic mass is 19.1. The predicted molar refractivity (Wildman–Crippen MR) is 86.8 cm³/mol. The lowest BCUT2D eigenvalue weighted by molar-refractivity contribution is 0.0972. The van der Waals surface area contributed by atoms with Gasteiger partial charge in [-0.1, -0.05) is 17.3 Å². The van der Waals surface area contributed by atoms with E-state index in [1.165, 1.54) is 12.1 Å². The Labute approximate surface area is 143 Å². The summed E-state index contributed by atoms with van der Waals surface area (Å²) in [5, 5.41) is 14.4. The number of halogens is 1. The molecule has 1 N–H and O–H groups in total. The second-order valence-corrected chi connectivity index (χ2v) is 6.25. The Morgan fingerprint density at radius 3 is 2.72 bits per heavy atom. The fraction of sp³-hybridized carbons (Fsp3) is 0.333. The molecule has 0 amide bonds. The van der Waals surface area contributed by atoms with Crippen LogP contribution in [0.4, 0.5) is 4.39 Å². The third-order valence-corrected chi connectivity index (χ3v) is 4.31. The van der Waals surface area contributed by atoms with E-state index in [9.17, 15) is 9.50 Å². The summed E-state index contributed by atoms with van der Waals surface area (Å²) >= 11 is 0. The zero-order valence-corrected chi connectivity index (χ0v) is 13.5. The van der Waals surface area contributed by atoms with Gasteiger partial charge in [-0.3, -0.25) is 4.90 Å². The molecular weight excluding hydrogens is 325 g/mol. The Bertz CT molecular complexity index is 812. The molecule has 0 aliphatic heterocycles. The van der Waals surface area contributed by atoms with E-state index in [1.807, 2.05) is 0 Å². The van der Waals surface area contributed by atoms with Crippen LogP contribution >= 0.6 is 0 Å². The van der Waals surface area contributed by atoms with Gasteiger partial charge in [0.25, 0.3) is 0 Å². The van der Waals surface area contributed by atoms with E-state index in [0.717, 1.165) is 18.4 Å². The minimum Gasteiger partial charge on any atom is -0.472 e. The molecular formula is C18H18FN3O3. The highest BCUT2D eigenvalue weighted by Gasteiger charge is 2.32. The number of aliphatic hydroxyl groups excluding tert-OH is 1. The Kier molecular flexibility index (Phi) is 4.33. The summed E-state index contributed by atoms with van der Waals surface area (Å²) in [5.41, 5.74) is 1.45. The molecule has 6 nitrogen and oxygen atoms in total. The fourth-order valence-corrected chi connectivity index (χ4v) is 2.80. The van der Waals surface area contributed by atoms with Crippen LogP contribution in [-0.2, 0) is 6.54 Å². The van der Waals surface area contributed by atoms with Crippen LogP contribution in [0.3, 0.4) is 0 Å². The van der Waals surface area contributed by atoms with Gasteiger partial charge in [0.1, 0.15) is 12.1 Å². The molecule has 0 saturated heterocycles. The number of hydrogen-bond acceptors (Lipinski definition) is 6. The average molecular weight is 343 g/mol. The lowest BCUT2D eigenvalue weighted by Crippen LogP contribution is -2.30. The van der Waals surface area contributed by atoms with Crippen molar-refractivity contribution in [2.45, 2.75) is 31.5 Å². The summed E-state index contributed by atoms with van der Waals surface area (Å²) in [6, 6.07) is 8.10. The third kappa shape index (κ3) is 3.78. The standard InChI is InChI=1S/C18H18FN3O3/c19-14-3-1-12(2-4-14)16(23)9-22(15-5-6-15)10-17-20-18(21-25-17)13-7-8-24-11-13/h1-4,7-8,11,15-16,23H,5-6,9-10H2. The zero-order valence-electron chi connectivity index (χ0n) is 13.5. The minimum absolute atomic E-state index is 0.312. The van der Waals surface area contributed by atoms with Crippen LogP contribution in [0, 0.1) is 5.82 Å². The zero-order chi connectivity index (χ0) is 17.2. The maximum absolute atomic E-state index is 13.0. The van der Waals surface area contributed by atoms with Crippen molar-refractivity contribution in [2.24, 2.45) is 0 Å². The molecule has 1 fully saturated rings. The Morgan fingerprint density at radius 1 is 1.24 bits per heavy atom. The molecule has 4 rings (SSSR count). The van der Waals surface area contributed by atoms with Crippen molar-refractivity contribution in [3.8, 4) is 11.4 Å². The second-order valence-electron chi connectivity index (χ2n) is 6.25. The molecule has 1 aliphatic rings. The molecule has 25 heavy (non-hydrogen) atoms. The number of aromatic nitrogens is 2. The van der Waals surface area contributed by atoms with E-state index in [1.54, 1.807) is 30.7 Å². The van der Waals surface area contributed by atoms with Crippen molar-refractivity contribution >= 4 is 0 Å². The molecule has 1 unspecified atom stereocenters. The lowest BCUT2D eigenvalue weighted by atomic mass is 10.1. The van der Waals surface area contributed by atoms with Crippen LogP contribution in [-0.4, -0.2) is 32.7 Å². The quantitative estimate of drug-likeness (QED) is 0.710. The maximum Gasteiger partial charge on any atom is 0.241 e. The van der Waals surface area contributed by atoms with E-state index in [-0.39, 0.29) is 5.82 Å². The summed E-state index contributed by atoms with van der Waals surface area (Å²) in [6.07, 6.45) is 4.59. The maximum atomic E-state index is 13.0. The summed E-state index contributed by atoms with van der Waals surface area (Å²) in [7, 11) is 0. The van der Waals surface area contributed by atoms with Gasteiger partial charge in [-0.05, 0) is 36.6 Å². The van der Waals surface area contributed by atoms with Gasteiger partial charge in [-0.2, -0.15) is 4.98 Å². The van der Waals surface area contributed by atoms with Crippen LogP contribution in [0.1, 0.15) is 30.4 Å². The van der Waals surface area contributed by atoms with Gasteiger partial charge in [0.2, 0.25) is 11.7 Å². The number of furan rings is 1. The predicted octanol–water partition coefficient (Wildman–Crippen LogP) is 3.17. The van der Waals surface area contributed by atoms with Crippen LogP contribution < -0.4 is 0 Å². The van der Waals surface area contributed by atoms with Crippen LogP contribution in [0.5, 0.6) is 0 Å². The SMILES string of the molecule is OC(CN(Cc1nc(-c2ccoc2)no1)C1CC1)c1ccc(F)cc1. The largest absolute Gasteiger partial charge is 0.472 e. The first kappa shape index (κ1) is 16.0. The smallest absolute Gasteiger partial charge is 0.241 e. The van der Waals surface area contributed by atoms with Crippen molar-refractivity contribution < 1.29 is 18.4 Å². The van der Waals surface area contributed by atoms with E-state index in [4.69, 9.17) is 8.94 Å². The third-order valence-electron chi connectivity index (χ3n) is 4.31. The molecule has 0 bridgehead atoms. The van der Waals surface area contributed by atoms with E-state index in [2.05, 4.69) is 15.0 Å². The summed E-state index contributed by atoms with van der Waals surface area (Å²) in [4.78, 5) is 6.51. The van der Waals surface area contributed by atoms with Gasteiger partial charge < -0.3 is 14.0 Å². The first-order valence-corrected chi connectivity index (χ1v) is 8.22. The Hall–Kier alpha value is -2.51. The second kappa shape index (κ2) is 6.78. The van der Waals surface area contributed by atoms with E-state index >= 15 is 0 Å². The normalized spacial score (nSPS) is 15.6. The van der Waals surface area contributed by atoms with Crippen molar-refractivity contribution in [3.63, 3.8) is 0 Å². The molecule has 2 aromatic heterocycles. The summed E-state index contributed by atoms with van der Waals surface area (Å²) in [5.74, 6) is 0.667. The van der Waals surface area contributed by atoms with E-state index in [0.29, 0.717) is 36.4 Å². The number of benzene rings is 1. The molecule has 7 heteroatoms. The highest BCUT2D eigenvalue weighted by Crippen LogP contribution is 2.30. The number of nitrogens with zero attached hydrogens (tertiary/aromatic N) is 3. The topological polar surface area (TPSA) is 75.5 Å². The number of aliphatic hydroxyl groups is 1. The van der Waals surface area contributed by atoms with Crippen molar-refractivity contribution in [1.82, 2.24) is 15.0 Å². The fourth-order valence-electron chi connectivity index (χ4n) is 2.80. The molecule has 1 saturated carbocycles. The van der Waals surface area contributed by atoms with E-state index < -0.39 is 6.10 Å². The summed E-state index contributed by atoms with van der Waals surface area (Å²) < 4.78 is 23.4. The van der Waals surface area contributed by atoms with Crippen molar-refractivity contribution in [3.05, 3.63) is 60.1 Å². The molecule has 0 radical (unpaired) electrons. The molecule has 1 aromatic carbocycles. The first-order valence-electron chi connectivity index (χ1n) is 8.22. The van der Waals surface area contributed by atoms with Gasteiger partial charge in [-0.25, -0.2) is 4.39 Å². The first-order chi connectivity index (χ1) is 12.2. The lowest BCUT2D eigenvalue weighted by Gasteiger charge is -2.23. The molecule has 1 aliphatic carbocycles. The molecule has 2 heterocycles. The minimum atomic E-state index is -0.697. The van der Waals surface area contributed by atoms with Crippen LogP contribution in [0.2, 0.25) is 0 Å². The van der Waals surface area contributed by atoms with Crippen LogP contribution in [0.25, 0.3) is 11.4 Å². The molecule has 0 spiro atoms. The molecule has 1 atom stereocenters. The van der Waals surface area contributed by atoms with Gasteiger partial charge >= 0.3 is 0 Å². The Morgan fingerprint density at radius 2 is 2.04 bits per heavy atom. The van der Waals surface area contributed by atoms with Crippen molar-refractivity contribution in [2.75, 3.05) is 6.54 Å². The van der Waals surface area contributed by atoms with Gasteiger partial charge in [0.05, 0.1) is 24.5 Å². The van der Waals surface area contributed by atoms with Gasteiger partial charge in [0.15, 0.2) is 0 Å². The molecule has 130 valence electrons. The van der Waals surface area contributed by atoms with Crippen molar-refractivity contribution in [1.29, 1.82) is 0 Å². The van der Waals surface area contributed by atoms with Gasteiger partial charge in [0, 0.05) is 12.6 Å². The van der Waals surface area contributed by atoms with Gasteiger partial charge in [-0.15, -0.1) is 0 Å². The number of rotatable bonds is 7. The molecule has 3 aromatic rings. The summed E-state index contributed by atoms with van der Waals surface area (Å²) in [6.45, 7) is 0.896.